The first-order valence-electron chi connectivity index (χ1n) is 8.37. The number of anilines is 3. The Morgan fingerprint density at radius 1 is 1.12 bits per heavy atom. The molecule has 0 aliphatic heterocycles. The van der Waals surface area contributed by atoms with Crippen molar-refractivity contribution in [3.05, 3.63) is 30.0 Å². The Labute approximate surface area is 147 Å². The molecule has 1 fully saturated rings. The Balaban J connectivity index is 1.88. The summed E-state index contributed by atoms with van der Waals surface area (Å²) in [6, 6.07) is 7.43. The molecule has 0 spiro atoms. The zero-order chi connectivity index (χ0) is 17.8. The minimum absolute atomic E-state index is 0.0207. The minimum atomic E-state index is -0.112. The molecule has 25 heavy (non-hydrogen) atoms. The maximum Gasteiger partial charge on any atom is 0.225 e. The van der Waals surface area contributed by atoms with Crippen molar-refractivity contribution in [1.29, 1.82) is 0 Å². The Kier molecular flexibility index (Phi) is 5.23. The highest BCUT2D eigenvalue weighted by atomic mass is 16.5. The predicted molar refractivity (Wildman–Crippen MR) is 97.0 cm³/mol. The zero-order valence-corrected chi connectivity index (χ0v) is 14.7. The standard InChI is InChI=1S/C18H24N4O3/c1-11(10-23)19-18-21-16(12-4-5-12)9-17(22-18)20-13-6-14(24-2)8-15(7-13)25-3/h6-9,11-12,23H,4-5,10H2,1-3H3,(H2,19,20,21,22)/t11-/m0/s1. The van der Waals surface area contributed by atoms with Gasteiger partial charge in [-0.2, -0.15) is 4.98 Å². The molecule has 0 saturated heterocycles. The van der Waals surface area contributed by atoms with Crippen LogP contribution < -0.4 is 20.1 Å². The molecule has 1 aliphatic rings. The van der Waals surface area contributed by atoms with Crippen molar-refractivity contribution in [2.24, 2.45) is 0 Å². The van der Waals surface area contributed by atoms with Crippen LogP contribution in [-0.2, 0) is 0 Å². The number of benzene rings is 1. The largest absolute Gasteiger partial charge is 0.497 e. The van der Waals surface area contributed by atoms with Gasteiger partial charge in [0.05, 0.1) is 26.5 Å². The fourth-order valence-electron chi connectivity index (χ4n) is 2.48. The number of methoxy groups -OCH3 is 2. The third kappa shape index (κ3) is 4.51. The molecule has 1 saturated carbocycles. The minimum Gasteiger partial charge on any atom is -0.497 e. The second-order valence-electron chi connectivity index (χ2n) is 6.23. The van der Waals surface area contributed by atoms with Crippen LogP contribution in [0.15, 0.2) is 24.3 Å². The van der Waals surface area contributed by atoms with Crippen LogP contribution >= 0.6 is 0 Å². The number of aliphatic hydroxyl groups excluding tert-OH is 1. The smallest absolute Gasteiger partial charge is 0.225 e. The second-order valence-corrected chi connectivity index (χ2v) is 6.23. The van der Waals surface area contributed by atoms with Gasteiger partial charge in [-0.25, -0.2) is 4.98 Å². The highest BCUT2D eigenvalue weighted by Gasteiger charge is 2.26. The molecule has 0 bridgehead atoms. The van der Waals surface area contributed by atoms with Crippen LogP contribution in [0.4, 0.5) is 17.5 Å². The summed E-state index contributed by atoms with van der Waals surface area (Å²) < 4.78 is 10.6. The lowest BCUT2D eigenvalue weighted by atomic mass is 10.2. The van der Waals surface area contributed by atoms with E-state index in [-0.39, 0.29) is 12.6 Å². The van der Waals surface area contributed by atoms with Crippen molar-refractivity contribution in [2.45, 2.75) is 31.7 Å². The van der Waals surface area contributed by atoms with Gasteiger partial charge in [-0.3, -0.25) is 0 Å². The second kappa shape index (κ2) is 7.57. The van der Waals surface area contributed by atoms with Gasteiger partial charge in [-0.15, -0.1) is 0 Å². The van der Waals surface area contributed by atoms with Crippen LogP contribution in [0, 0.1) is 0 Å². The van der Waals surface area contributed by atoms with E-state index in [9.17, 15) is 5.11 Å². The lowest BCUT2D eigenvalue weighted by Gasteiger charge is -2.15. The van der Waals surface area contributed by atoms with Gasteiger partial charge in [0, 0.05) is 41.9 Å². The van der Waals surface area contributed by atoms with Crippen LogP contribution in [0.2, 0.25) is 0 Å². The van der Waals surface area contributed by atoms with Gasteiger partial charge in [0.2, 0.25) is 5.95 Å². The molecule has 134 valence electrons. The number of hydrogen-bond donors (Lipinski definition) is 3. The summed E-state index contributed by atoms with van der Waals surface area (Å²) in [6.07, 6.45) is 2.30. The van der Waals surface area contributed by atoms with Gasteiger partial charge in [-0.05, 0) is 19.8 Å². The maximum atomic E-state index is 9.25. The molecular formula is C18H24N4O3. The molecule has 7 nitrogen and oxygen atoms in total. The van der Waals surface area contributed by atoms with E-state index in [1.165, 1.54) is 0 Å². The lowest BCUT2D eigenvalue weighted by Crippen LogP contribution is -2.21. The average Bonchev–Trinajstić information content (AvgIpc) is 3.46. The van der Waals surface area contributed by atoms with E-state index in [0.717, 1.165) is 24.2 Å². The van der Waals surface area contributed by atoms with Gasteiger partial charge in [0.15, 0.2) is 0 Å². The fraction of sp³-hybridized carbons (Fsp3) is 0.444. The summed E-state index contributed by atoms with van der Waals surface area (Å²) >= 11 is 0. The third-order valence-electron chi connectivity index (χ3n) is 4.01. The summed E-state index contributed by atoms with van der Waals surface area (Å²) in [4.78, 5) is 9.08. The van der Waals surface area contributed by atoms with E-state index < -0.39 is 0 Å². The van der Waals surface area contributed by atoms with Crippen molar-refractivity contribution < 1.29 is 14.6 Å². The molecule has 2 aromatic rings. The molecule has 7 heteroatoms. The average molecular weight is 344 g/mol. The quantitative estimate of drug-likeness (QED) is 0.678. The molecule has 0 radical (unpaired) electrons. The molecule has 1 atom stereocenters. The Bertz CT molecular complexity index is 712. The molecule has 3 rings (SSSR count). The maximum absolute atomic E-state index is 9.25. The van der Waals surface area contributed by atoms with Crippen molar-refractivity contribution in [2.75, 3.05) is 31.5 Å². The number of rotatable bonds is 8. The fourth-order valence-corrected chi connectivity index (χ4v) is 2.48. The van der Waals surface area contributed by atoms with E-state index >= 15 is 0 Å². The van der Waals surface area contributed by atoms with Crippen LogP contribution in [0.1, 0.15) is 31.4 Å². The van der Waals surface area contributed by atoms with Crippen LogP contribution in [0.25, 0.3) is 0 Å². The summed E-state index contributed by atoms with van der Waals surface area (Å²) in [5, 5.41) is 15.7. The predicted octanol–water partition coefficient (Wildman–Crippen LogP) is 2.91. The van der Waals surface area contributed by atoms with Gasteiger partial charge >= 0.3 is 0 Å². The number of aliphatic hydroxyl groups is 1. The highest BCUT2D eigenvalue weighted by molar-refractivity contribution is 5.62. The topological polar surface area (TPSA) is 88.5 Å². The Morgan fingerprint density at radius 3 is 2.36 bits per heavy atom. The summed E-state index contributed by atoms with van der Waals surface area (Å²) in [5.74, 6) is 3.10. The number of nitrogens with zero attached hydrogens (tertiary/aromatic N) is 2. The van der Waals surface area contributed by atoms with Gasteiger partial charge in [0.25, 0.3) is 0 Å². The van der Waals surface area contributed by atoms with Crippen LogP contribution in [0.5, 0.6) is 11.5 Å². The monoisotopic (exact) mass is 344 g/mol. The summed E-state index contributed by atoms with van der Waals surface area (Å²) in [5.41, 5.74) is 1.83. The van der Waals surface area contributed by atoms with Crippen molar-refractivity contribution in [3.63, 3.8) is 0 Å². The van der Waals surface area contributed by atoms with Gasteiger partial charge in [-0.1, -0.05) is 0 Å². The molecule has 1 aromatic heterocycles. The van der Waals surface area contributed by atoms with Crippen molar-refractivity contribution >= 4 is 17.5 Å². The number of nitrogens with one attached hydrogen (secondary N) is 2. The van der Waals surface area contributed by atoms with E-state index in [0.29, 0.717) is 29.2 Å². The summed E-state index contributed by atoms with van der Waals surface area (Å²) in [6.45, 7) is 1.90. The molecule has 3 N–H and O–H groups in total. The first-order valence-corrected chi connectivity index (χ1v) is 8.37. The Morgan fingerprint density at radius 2 is 1.80 bits per heavy atom. The molecule has 0 amide bonds. The molecule has 1 aliphatic carbocycles. The normalized spacial score (nSPS) is 14.7. The molecule has 1 aromatic carbocycles. The number of aromatic nitrogens is 2. The first kappa shape index (κ1) is 17.3. The third-order valence-corrected chi connectivity index (χ3v) is 4.01. The molecule has 0 unspecified atom stereocenters. The van der Waals surface area contributed by atoms with Crippen LogP contribution in [0.3, 0.4) is 0 Å². The highest BCUT2D eigenvalue weighted by Crippen LogP contribution is 2.40. The van der Waals surface area contributed by atoms with E-state index in [2.05, 4.69) is 20.6 Å². The van der Waals surface area contributed by atoms with E-state index in [1.807, 2.05) is 31.2 Å². The van der Waals surface area contributed by atoms with E-state index in [4.69, 9.17) is 9.47 Å². The Hall–Kier alpha value is -2.54. The lowest BCUT2D eigenvalue weighted by molar-refractivity contribution is 0.281. The van der Waals surface area contributed by atoms with E-state index in [1.54, 1.807) is 14.2 Å². The van der Waals surface area contributed by atoms with Gasteiger partial charge in [0.1, 0.15) is 17.3 Å². The summed E-state index contributed by atoms with van der Waals surface area (Å²) in [7, 11) is 3.24. The zero-order valence-electron chi connectivity index (χ0n) is 14.7. The molecule has 1 heterocycles. The number of ether oxygens (including phenoxy) is 2. The van der Waals surface area contributed by atoms with Crippen molar-refractivity contribution in [1.82, 2.24) is 9.97 Å². The first-order chi connectivity index (χ1) is 12.1. The van der Waals surface area contributed by atoms with Gasteiger partial charge < -0.3 is 25.2 Å². The SMILES string of the molecule is COc1cc(Nc2cc(C3CC3)nc(N[C@@H](C)CO)n2)cc(OC)c1. The number of hydrogen-bond acceptors (Lipinski definition) is 7. The molecular weight excluding hydrogens is 320 g/mol. The van der Waals surface area contributed by atoms with Crippen molar-refractivity contribution in [3.8, 4) is 11.5 Å². The van der Waals surface area contributed by atoms with Crippen LogP contribution in [-0.4, -0.2) is 41.9 Å².